The van der Waals surface area contributed by atoms with Gasteiger partial charge in [-0.3, -0.25) is 9.48 Å². The van der Waals surface area contributed by atoms with Crippen molar-refractivity contribution < 1.29 is 13.6 Å². The van der Waals surface area contributed by atoms with Crippen molar-refractivity contribution in [3.8, 4) is 0 Å². The normalized spacial score (nSPS) is 20.0. The Bertz CT molecular complexity index is 1380. The maximum absolute atomic E-state index is 14.5. The van der Waals surface area contributed by atoms with E-state index in [9.17, 15) is 13.6 Å². The van der Waals surface area contributed by atoms with E-state index >= 15 is 0 Å². The fourth-order valence-corrected chi connectivity index (χ4v) is 5.23. The summed E-state index contributed by atoms with van der Waals surface area (Å²) in [6, 6.07) is 9.15. The molecule has 0 spiro atoms. The largest absolute Gasteiger partial charge is 0.364 e. The Morgan fingerprint density at radius 1 is 1.09 bits per heavy atom. The zero-order valence-corrected chi connectivity index (χ0v) is 18.5. The average Bonchev–Trinajstić information content (AvgIpc) is 3.59. The van der Waals surface area contributed by atoms with Crippen LogP contribution in [-0.4, -0.2) is 37.9 Å². The standard InChI is InChI=1S/C25H24F2N6O/c26-16-3-6-22(27)20(12-16)23-2-1-10-31(23)19-8-11-32-24(13-19)21(14-29-32)25(34)30-17-4-5-18-7-9-28-33(18)15-17/h3,6-9,11-14,17,23H,1-2,4-5,10,15H2,(H,30,34)/t17?,23-/m1/s1. The molecule has 0 radical (unpaired) electrons. The van der Waals surface area contributed by atoms with E-state index in [0.29, 0.717) is 23.2 Å². The maximum Gasteiger partial charge on any atom is 0.255 e. The van der Waals surface area contributed by atoms with Crippen LogP contribution >= 0.6 is 0 Å². The van der Waals surface area contributed by atoms with Gasteiger partial charge in [0.2, 0.25) is 0 Å². The van der Waals surface area contributed by atoms with Crippen LogP contribution in [0.3, 0.4) is 0 Å². The molecule has 0 bridgehead atoms. The number of nitrogens with zero attached hydrogens (tertiary/aromatic N) is 5. The highest BCUT2D eigenvalue weighted by Gasteiger charge is 2.29. The number of carbonyl (C=O) groups excluding carboxylic acids is 1. The molecule has 6 rings (SSSR count). The van der Waals surface area contributed by atoms with Gasteiger partial charge in [-0.05, 0) is 62.1 Å². The van der Waals surface area contributed by atoms with Gasteiger partial charge in [-0.2, -0.15) is 10.2 Å². The number of benzene rings is 1. The number of hydrogen-bond donors (Lipinski definition) is 1. The highest BCUT2D eigenvalue weighted by atomic mass is 19.1. The van der Waals surface area contributed by atoms with Gasteiger partial charge in [0.25, 0.3) is 5.91 Å². The molecule has 5 heterocycles. The number of aromatic nitrogens is 4. The zero-order chi connectivity index (χ0) is 23.2. The first-order chi connectivity index (χ1) is 16.6. The lowest BCUT2D eigenvalue weighted by molar-refractivity contribution is 0.0928. The maximum atomic E-state index is 14.5. The van der Waals surface area contributed by atoms with E-state index in [1.54, 1.807) is 23.1 Å². The number of fused-ring (bicyclic) bond motifs is 2. The van der Waals surface area contributed by atoms with Crippen molar-refractivity contribution in [2.45, 2.75) is 44.3 Å². The number of halogens is 2. The monoisotopic (exact) mass is 462 g/mol. The summed E-state index contributed by atoms with van der Waals surface area (Å²) in [6.07, 6.45) is 8.49. The van der Waals surface area contributed by atoms with E-state index in [2.05, 4.69) is 20.4 Å². The lowest BCUT2D eigenvalue weighted by Crippen LogP contribution is -2.41. The molecule has 9 heteroatoms. The summed E-state index contributed by atoms with van der Waals surface area (Å²) < 4.78 is 32.0. The molecule has 2 aliphatic rings. The number of rotatable bonds is 4. The summed E-state index contributed by atoms with van der Waals surface area (Å²) in [5, 5.41) is 11.8. The molecule has 1 amide bonds. The van der Waals surface area contributed by atoms with Crippen LogP contribution in [0.1, 0.15) is 46.9 Å². The second-order valence-electron chi connectivity index (χ2n) is 9.00. The van der Waals surface area contributed by atoms with Gasteiger partial charge in [-0.15, -0.1) is 0 Å². The number of anilines is 1. The second-order valence-corrected chi connectivity index (χ2v) is 9.00. The molecule has 2 atom stereocenters. The van der Waals surface area contributed by atoms with Gasteiger partial charge in [-0.25, -0.2) is 13.3 Å². The lowest BCUT2D eigenvalue weighted by Gasteiger charge is -2.27. The van der Waals surface area contributed by atoms with Crippen LogP contribution in [0.25, 0.3) is 5.52 Å². The van der Waals surface area contributed by atoms with Crippen molar-refractivity contribution in [1.82, 2.24) is 24.7 Å². The lowest BCUT2D eigenvalue weighted by atomic mass is 10.0. The highest BCUT2D eigenvalue weighted by Crippen LogP contribution is 2.38. The fourth-order valence-electron chi connectivity index (χ4n) is 5.23. The molecule has 1 fully saturated rings. The topological polar surface area (TPSA) is 67.5 Å². The van der Waals surface area contributed by atoms with Crippen LogP contribution in [0.15, 0.2) is 55.0 Å². The Balaban J connectivity index is 1.27. The summed E-state index contributed by atoms with van der Waals surface area (Å²) in [5.74, 6) is -1.03. The number of amides is 1. The van der Waals surface area contributed by atoms with E-state index in [1.807, 2.05) is 22.9 Å². The van der Waals surface area contributed by atoms with Gasteiger partial charge in [0.05, 0.1) is 29.9 Å². The number of carbonyl (C=O) groups is 1. The Kier molecular flexibility index (Phi) is 5.04. The Morgan fingerprint density at radius 2 is 2.00 bits per heavy atom. The van der Waals surface area contributed by atoms with Crippen LogP contribution < -0.4 is 10.2 Å². The van der Waals surface area contributed by atoms with Crippen LogP contribution in [0.4, 0.5) is 14.5 Å². The smallest absolute Gasteiger partial charge is 0.255 e. The molecule has 3 aromatic heterocycles. The Morgan fingerprint density at radius 3 is 2.91 bits per heavy atom. The van der Waals surface area contributed by atoms with Crippen molar-refractivity contribution in [3.63, 3.8) is 0 Å². The first-order valence-corrected chi connectivity index (χ1v) is 11.6. The van der Waals surface area contributed by atoms with E-state index < -0.39 is 11.6 Å². The van der Waals surface area contributed by atoms with E-state index in [4.69, 9.17) is 0 Å². The minimum Gasteiger partial charge on any atom is -0.364 e. The predicted octanol–water partition coefficient (Wildman–Crippen LogP) is 3.90. The molecule has 2 aliphatic heterocycles. The summed E-state index contributed by atoms with van der Waals surface area (Å²) in [5.41, 5.74) is 3.56. The van der Waals surface area contributed by atoms with Crippen molar-refractivity contribution >= 4 is 17.1 Å². The summed E-state index contributed by atoms with van der Waals surface area (Å²) in [7, 11) is 0. The first-order valence-electron chi connectivity index (χ1n) is 11.6. The minimum absolute atomic E-state index is 0.00283. The predicted molar refractivity (Wildman–Crippen MR) is 123 cm³/mol. The number of pyridine rings is 1. The molecule has 0 aliphatic carbocycles. The molecule has 7 nitrogen and oxygen atoms in total. The van der Waals surface area contributed by atoms with Crippen LogP contribution in [0, 0.1) is 11.6 Å². The van der Waals surface area contributed by atoms with E-state index in [0.717, 1.165) is 44.0 Å². The molecule has 1 aromatic carbocycles. The van der Waals surface area contributed by atoms with Gasteiger partial charge >= 0.3 is 0 Å². The zero-order valence-electron chi connectivity index (χ0n) is 18.5. The van der Waals surface area contributed by atoms with Gasteiger partial charge in [-0.1, -0.05) is 0 Å². The van der Waals surface area contributed by atoms with Gasteiger partial charge in [0, 0.05) is 41.9 Å². The molecule has 0 saturated carbocycles. The van der Waals surface area contributed by atoms with Crippen molar-refractivity contribution in [2.75, 3.05) is 11.4 Å². The summed E-state index contributed by atoms with van der Waals surface area (Å²) in [4.78, 5) is 15.2. The third-order valence-corrected chi connectivity index (χ3v) is 6.93. The fraction of sp³-hybridized carbons (Fsp3) is 0.320. The SMILES string of the molecule is O=C(NC1CCc2ccnn2C1)c1cnn2ccc(N3CCC[C@@H]3c3cc(F)ccc3F)cc12. The molecule has 4 aromatic rings. The van der Waals surface area contributed by atoms with Crippen molar-refractivity contribution in [1.29, 1.82) is 0 Å². The number of hydrogen-bond acceptors (Lipinski definition) is 4. The quantitative estimate of drug-likeness (QED) is 0.500. The molecule has 174 valence electrons. The Hall–Kier alpha value is -3.75. The van der Waals surface area contributed by atoms with E-state index in [-0.39, 0.29) is 18.0 Å². The minimum atomic E-state index is -0.446. The molecule has 1 unspecified atom stereocenters. The third-order valence-electron chi connectivity index (χ3n) is 6.93. The van der Waals surface area contributed by atoms with Gasteiger partial charge in [0.15, 0.2) is 0 Å². The second kappa shape index (κ2) is 8.23. The summed E-state index contributed by atoms with van der Waals surface area (Å²) in [6.45, 7) is 1.37. The van der Waals surface area contributed by atoms with Gasteiger partial charge < -0.3 is 10.2 Å². The van der Waals surface area contributed by atoms with E-state index in [1.165, 1.54) is 17.8 Å². The molecule has 1 saturated heterocycles. The number of aryl methyl sites for hydroxylation is 1. The van der Waals surface area contributed by atoms with Crippen molar-refractivity contribution in [3.05, 3.63) is 83.4 Å². The van der Waals surface area contributed by atoms with Gasteiger partial charge in [0.1, 0.15) is 11.6 Å². The Labute approximate surface area is 195 Å². The molecule has 1 N–H and O–H groups in total. The van der Waals surface area contributed by atoms with Crippen LogP contribution in [-0.2, 0) is 13.0 Å². The first kappa shape index (κ1) is 20.8. The molecular formula is C25H24F2N6O. The van der Waals surface area contributed by atoms with Crippen molar-refractivity contribution in [2.24, 2.45) is 0 Å². The van der Waals surface area contributed by atoms with Crippen LogP contribution in [0.2, 0.25) is 0 Å². The summed E-state index contributed by atoms with van der Waals surface area (Å²) >= 11 is 0. The molecular weight excluding hydrogens is 438 g/mol. The molecule has 34 heavy (non-hydrogen) atoms. The number of nitrogens with one attached hydrogen (secondary N) is 1. The highest BCUT2D eigenvalue weighted by molar-refractivity contribution is 6.01. The average molecular weight is 463 g/mol. The van der Waals surface area contributed by atoms with Crippen LogP contribution in [0.5, 0.6) is 0 Å². The third kappa shape index (κ3) is 3.61.